The third kappa shape index (κ3) is 3.96. The number of nitrogens with one attached hydrogen (secondary N) is 1. The van der Waals surface area contributed by atoms with Gasteiger partial charge in [0.2, 0.25) is 0 Å². The molecule has 1 aromatic carbocycles. The van der Waals surface area contributed by atoms with Crippen molar-refractivity contribution in [3.8, 4) is 11.5 Å². The van der Waals surface area contributed by atoms with Gasteiger partial charge in [-0.15, -0.1) is 0 Å². The number of aromatic nitrogens is 2. The van der Waals surface area contributed by atoms with E-state index in [0.717, 1.165) is 39.0 Å². The molecular formula is C22H28FN5O2. The van der Waals surface area contributed by atoms with Gasteiger partial charge in [0.15, 0.2) is 11.6 Å². The zero-order valence-electron chi connectivity index (χ0n) is 17.7. The maximum Gasteiger partial charge on any atom is 0.257 e. The second-order valence-corrected chi connectivity index (χ2v) is 8.56. The molecule has 8 heteroatoms. The molecule has 2 fully saturated rings. The number of anilines is 1. The second kappa shape index (κ2) is 8.18. The number of nitrogens with zero attached hydrogens (tertiary/aromatic N) is 4. The number of carbonyl (C=O) groups is 1. The monoisotopic (exact) mass is 413 g/mol. The fraction of sp³-hybridized carbons (Fsp3) is 0.500. The maximum atomic E-state index is 13.9. The first kappa shape index (κ1) is 20.5. The van der Waals surface area contributed by atoms with E-state index in [1.165, 1.54) is 24.5 Å². The number of halogens is 1. The number of benzene rings is 1. The second-order valence-electron chi connectivity index (χ2n) is 8.56. The highest BCUT2D eigenvalue weighted by molar-refractivity contribution is 5.97. The van der Waals surface area contributed by atoms with Crippen LogP contribution >= 0.6 is 0 Å². The van der Waals surface area contributed by atoms with Gasteiger partial charge >= 0.3 is 0 Å². The SMILES string of the molecule is CC(C)N(C)C(=O)c1cc(F)ccc1Oc1cncnc1N1CCC2(CCNC2)C1. The van der Waals surface area contributed by atoms with Crippen LogP contribution in [0.15, 0.2) is 30.7 Å². The van der Waals surface area contributed by atoms with Crippen LogP contribution in [0, 0.1) is 11.2 Å². The number of carbonyl (C=O) groups excluding carboxylic acids is 1. The summed E-state index contributed by atoms with van der Waals surface area (Å²) in [7, 11) is 1.69. The smallest absolute Gasteiger partial charge is 0.257 e. The van der Waals surface area contributed by atoms with Crippen LogP contribution in [0.3, 0.4) is 0 Å². The quantitative estimate of drug-likeness (QED) is 0.812. The molecule has 1 N–H and O–H groups in total. The van der Waals surface area contributed by atoms with Crippen molar-refractivity contribution in [2.24, 2.45) is 5.41 Å². The Morgan fingerprint density at radius 2 is 2.17 bits per heavy atom. The van der Waals surface area contributed by atoms with E-state index >= 15 is 0 Å². The fourth-order valence-corrected chi connectivity index (χ4v) is 4.18. The van der Waals surface area contributed by atoms with Crippen LogP contribution in [0.1, 0.15) is 37.0 Å². The topological polar surface area (TPSA) is 70.6 Å². The van der Waals surface area contributed by atoms with Crippen LogP contribution in [0.25, 0.3) is 0 Å². The van der Waals surface area contributed by atoms with E-state index in [1.54, 1.807) is 18.1 Å². The van der Waals surface area contributed by atoms with Crippen LogP contribution < -0.4 is 15.0 Å². The molecule has 0 bridgehead atoms. The molecule has 3 heterocycles. The van der Waals surface area contributed by atoms with Gasteiger partial charge in [0.25, 0.3) is 5.91 Å². The molecule has 7 nitrogen and oxygen atoms in total. The minimum Gasteiger partial charge on any atom is -0.451 e. The van der Waals surface area contributed by atoms with Crippen LogP contribution in [0.4, 0.5) is 10.2 Å². The molecule has 160 valence electrons. The summed E-state index contributed by atoms with van der Waals surface area (Å²) in [6, 6.07) is 3.97. The summed E-state index contributed by atoms with van der Waals surface area (Å²) in [6.45, 7) is 7.66. The summed E-state index contributed by atoms with van der Waals surface area (Å²) in [4.78, 5) is 25.2. The predicted octanol–water partition coefficient (Wildman–Crippen LogP) is 3.08. The number of hydrogen-bond donors (Lipinski definition) is 1. The highest BCUT2D eigenvalue weighted by Crippen LogP contribution is 2.41. The lowest BCUT2D eigenvalue weighted by molar-refractivity contribution is 0.0751. The molecule has 0 saturated carbocycles. The van der Waals surface area contributed by atoms with Gasteiger partial charge < -0.3 is 19.9 Å². The van der Waals surface area contributed by atoms with Crippen LogP contribution in [0.2, 0.25) is 0 Å². The van der Waals surface area contributed by atoms with Crippen molar-refractivity contribution in [2.45, 2.75) is 32.7 Å². The van der Waals surface area contributed by atoms with Crippen molar-refractivity contribution >= 4 is 11.7 Å². The van der Waals surface area contributed by atoms with Gasteiger partial charge in [-0.1, -0.05) is 0 Å². The lowest BCUT2D eigenvalue weighted by atomic mass is 9.87. The van der Waals surface area contributed by atoms with E-state index in [9.17, 15) is 9.18 Å². The van der Waals surface area contributed by atoms with E-state index < -0.39 is 5.82 Å². The molecule has 0 radical (unpaired) electrons. The maximum absolute atomic E-state index is 13.9. The van der Waals surface area contributed by atoms with Crippen molar-refractivity contribution in [1.29, 1.82) is 0 Å². The van der Waals surface area contributed by atoms with Crippen LogP contribution in [0.5, 0.6) is 11.5 Å². The third-order valence-corrected chi connectivity index (χ3v) is 6.22. The van der Waals surface area contributed by atoms with E-state index in [1.807, 2.05) is 13.8 Å². The molecule has 2 saturated heterocycles. The Bertz CT molecular complexity index is 929. The molecule has 1 spiro atoms. The van der Waals surface area contributed by atoms with Gasteiger partial charge in [0.1, 0.15) is 17.9 Å². The minimum atomic E-state index is -0.484. The zero-order chi connectivity index (χ0) is 21.3. The first-order valence-electron chi connectivity index (χ1n) is 10.4. The molecule has 1 unspecified atom stereocenters. The number of amides is 1. The molecule has 2 aromatic rings. The minimum absolute atomic E-state index is 0.0231. The summed E-state index contributed by atoms with van der Waals surface area (Å²) >= 11 is 0. The molecule has 4 rings (SSSR count). The Labute approximate surface area is 176 Å². The van der Waals surface area contributed by atoms with E-state index in [2.05, 4.69) is 20.2 Å². The number of rotatable bonds is 5. The molecule has 30 heavy (non-hydrogen) atoms. The zero-order valence-corrected chi connectivity index (χ0v) is 17.7. The predicted molar refractivity (Wildman–Crippen MR) is 112 cm³/mol. The Morgan fingerprint density at radius 3 is 2.90 bits per heavy atom. The molecule has 1 aromatic heterocycles. The lowest BCUT2D eigenvalue weighted by Gasteiger charge is -2.25. The molecule has 2 aliphatic rings. The van der Waals surface area contributed by atoms with Crippen molar-refractivity contribution in [1.82, 2.24) is 20.2 Å². The Morgan fingerprint density at radius 1 is 1.33 bits per heavy atom. The molecule has 1 atom stereocenters. The van der Waals surface area contributed by atoms with E-state index in [0.29, 0.717) is 17.3 Å². The lowest BCUT2D eigenvalue weighted by Crippen LogP contribution is -2.33. The van der Waals surface area contributed by atoms with Gasteiger partial charge in [-0.25, -0.2) is 14.4 Å². The van der Waals surface area contributed by atoms with Gasteiger partial charge in [-0.05, 0) is 51.4 Å². The molecule has 1 amide bonds. The van der Waals surface area contributed by atoms with Gasteiger partial charge in [-0.3, -0.25) is 4.79 Å². The third-order valence-electron chi connectivity index (χ3n) is 6.22. The Hall–Kier alpha value is -2.74. The average Bonchev–Trinajstić information content (AvgIpc) is 3.38. The van der Waals surface area contributed by atoms with Crippen molar-refractivity contribution < 1.29 is 13.9 Å². The first-order valence-corrected chi connectivity index (χ1v) is 10.4. The largest absolute Gasteiger partial charge is 0.451 e. The molecular weight excluding hydrogens is 385 g/mol. The Kier molecular flexibility index (Phi) is 5.60. The summed E-state index contributed by atoms with van der Waals surface area (Å²) < 4.78 is 20.1. The number of ether oxygens (including phenoxy) is 1. The summed E-state index contributed by atoms with van der Waals surface area (Å²) in [5, 5.41) is 3.46. The van der Waals surface area contributed by atoms with Crippen LogP contribution in [-0.2, 0) is 0 Å². The fourth-order valence-electron chi connectivity index (χ4n) is 4.18. The van der Waals surface area contributed by atoms with Crippen molar-refractivity contribution in [3.05, 3.63) is 42.1 Å². The Balaban J connectivity index is 1.62. The normalized spacial score (nSPS) is 20.9. The summed E-state index contributed by atoms with van der Waals surface area (Å²) in [6.07, 6.45) is 5.36. The number of hydrogen-bond acceptors (Lipinski definition) is 6. The van der Waals surface area contributed by atoms with Crippen molar-refractivity contribution in [2.75, 3.05) is 38.1 Å². The standard InChI is InChI=1S/C22H28FN5O2/c1-15(2)27(3)21(29)17-10-16(23)4-5-18(17)30-19-11-25-14-26-20(19)28-9-7-22(13-28)6-8-24-12-22/h4-5,10-11,14-15,24H,6-9,12-13H2,1-3H3. The van der Waals surface area contributed by atoms with E-state index in [4.69, 9.17) is 4.74 Å². The van der Waals surface area contributed by atoms with Gasteiger partial charge in [0, 0.05) is 38.1 Å². The summed E-state index contributed by atoms with van der Waals surface area (Å²) in [5.74, 6) is 0.682. The summed E-state index contributed by atoms with van der Waals surface area (Å²) in [5.41, 5.74) is 0.457. The highest BCUT2D eigenvalue weighted by Gasteiger charge is 2.41. The van der Waals surface area contributed by atoms with Gasteiger partial charge in [0.05, 0.1) is 11.8 Å². The van der Waals surface area contributed by atoms with Crippen LogP contribution in [-0.4, -0.2) is 60.0 Å². The van der Waals surface area contributed by atoms with Crippen molar-refractivity contribution in [3.63, 3.8) is 0 Å². The van der Waals surface area contributed by atoms with Gasteiger partial charge in [-0.2, -0.15) is 0 Å². The van der Waals surface area contributed by atoms with E-state index in [-0.39, 0.29) is 22.9 Å². The highest BCUT2D eigenvalue weighted by atomic mass is 19.1. The average molecular weight is 413 g/mol. The first-order chi connectivity index (χ1) is 14.4. The molecule has 0 aliphatic carbocycles. The molecule has 2 aliphatic heterocycles.